The smallest absolute Gasteiger partial charge is 0.256 e. The zero-order valence-electron chi connectivity index (χ0n) is 20.8. The van der Waals surface area contributed by atoms with E-state index in [0.29, 0.717) is 5.56 Å². The van der Waals surface area contributed by atoms with Gasteiger partial charge in [0.05, 0.1) is 10.9 Å². The summed E-state index contributed by atoms with van der Waals surface area (Å²) in [4.78, 5) is 4.88. The molecule has 1 aromatic heterocycles. The maximum atomic E-state index is 13.7. The molecule has 1 nitrogen and oxygen atoms in total. The first kappa shape index (κ1) is 22.3. The number of halogens is 3. The molecule has 0 amide bonds. The topological polar surface area (TPSA) is 12.9 Å². The summed E-state index contributed by atoms with van der Waals surface area (Å²) in [7, 11) is 0. The molecule has 1 heterocycles. The highest BCUT2D eigenvalue weighted by atomic mass is 19.4. The Labute approximate surface area is 211 Å². The number of hydrogen-bond acceptors (Lipinski definition) is 1. The molecule has 0 N–H and O–H groups in total. The normalized spacial score (nSPS) is 13.2. The lowest BCUT2D eigenvalue weighted by molar-refractivity contribution is -0.211. The maximum absolute atomic E-state index is 13.7. The van der Waals surface area contributed by atoms with Crippen molar-refractivity contribution in [2.24, 2.45) is 5.41 Å². The molecule has 0 bridgehead atoms. The van der Waals surface area contributed by atoms with Crippen molar-refractivity contribution in [3.63, 3.8) is 0 Å². The van der Waals surface area contributed by atoms with Gasteiger partial charge in [-0.3, -0.25) is 4.98 Å². The highest BCUT2D eigenvalue weighted by molar-refractivity contribution is 6.40. The molecular formula is C33H24F3N. The van der Waals surface area contributed by atoms with Crippen molar-refractivity contribution in [2.45, 2.75) is 33.4 Å². The number of aryl methyl sites for hydroxylation is 1. The van der Waals surface area contributed by atoms with E-state index in [4.69, 9.17) is 4.98 Å². The molecule has 0 radical (unpaired) electrons. The van der Waals surface area contributed by atoms with Crippen LogP contribution in [-0.2, 0) is 6.42 Å². The Kier molecular flexibility index (Phi) is 4.41. The molecule has 37 heavy (non-hydrogen) atoms. The third-order valence-electron chi connectivity index (χ3n) is 8.18. The number of aromatic nitrogens is 1. The van der Waals surface area contributed by atoms with Crippen LogP contribution in [0.5, 0.6) is 0 Å². The Morgan fingerprint density at radius 2 is 1.38 bits per heavy atom. The molecular weight excluding hydrogens is 467 g/mol. The zero-order chi connectivity index (χ0) is 25.7. The molecule has 0 unspecified atom stereocenters. The van der Waals surface area contributed by atoms with Crippen molar-refractivity contribution in [3.8, 4) is 0 Å². The number of fused-ring (bicyclic) bond motifs is 7. The average Bonchev–Trinajstić information content (AvgIpc) is 2.87. The minimum absolute atomic E-state index is 0.0683. The van der Waals surface area contributed by atoms with Gasteiger partial charge in [-0.15, -0.1) is 0 Å². The summed E-state index contributed by atoms with van der Waals surface area (Å²) in [6.07, 6.45) is -2.49. The molecule has 182 valence electrons. The van der Waals surface area contributed by atoms with Crippen molar-refractivity contribution < 1.29 is 13.2 Å². The van der Waals surface area contributed by atoms with Crippen molar-refractivity contribution in [1.82, 2.24) is 4.98 Å². The van der Waals surface area contributed by atoms with Gasteiger partial charge in [-0.2, -0.15) is 13.2 Å². The van der Waals surface area contributed by atoms with E-state index in [0.717, 1.165) is 48.6 Å². The van der Waals surface area contributed by atoms with Gasteiger partial charge in [0.15, 0.2) is 0 Å². The molecule has 4 heteroatoms. The molecule has 6 aromatic carbocycles. The highest BCUT2D eigenvalue weighted by Crippen LogP contribution is 2.47. The van der Waals surface area contributed by atoms with E-state index in [9.17, 15) is 13.2 Å². The lowest BCUT2D eigenvalue weighted by atomic mass is 9.82. The lowest BCUT2D eigenvalue weighted by Gasteiger charge is -2.28. The van der Waals surface area contributed by atoms with Gasteiger partial charge in [0.25, 0.3) is 0 Å². The quantitative estimate of drug-likeness (QED) is 0.173. The van der Waals surface area contributed by atoms with Crippen molar-refractivity contribution in [1.29, 1.82) is 0 Å². The number of rotatable bonds is 2. The minimum atomic E-state index is -4.27. The summed E-state index contributed by atoms with van der Waals surface area (Å²) < 4.78 is 41.0. The van der Waals surface area contributed by atoms with Gasteiger partial charge in [-0.1, -0.05) is 74.5 Å². The van der Waals surface area contributed by atoms with E-state index < -0.39 is 11.6 Å². The molecule has 0 saturated carbocycles. The second-order valence-electron chi connectivity index (χ2n) is 10.9. The minimum Gasteiger partial charge on any atom is -0.256 e. The van der Waals surface area contributed by atoms with Crippen LogP contribution < -0.4 is 0 Å². The van der Waals surface area contributed by atoms with Crippen molar-refractivity contribution in [3.05, 3.63) is 90.1 Å². The van der Waals surface area contributed by atoms with Crippen molar-refractivity contribution >= 4 is 64.8 Å². The Morgan fingerprint density at radius 1 is 0.649 bits per heavy atom. The standard InChI is InChI=1S/C33H24F3N/c1-18-21-8-5-4-7-20(21)16-27-28(18)25-10-6-9-23-26-15-19(17-32(2,3)33(34,35)36)11-12-22(26)24-13-14-37-31(27)30(24)29(23)25/h4-16H,17H2,1-3H3. The molecule has 0 aliphatic heterocycles. The summed E-state index contributed by atoms with van der Waals surface area (Å²) >= 11 is 0. The third-order valence-corrected chi connectivity index (χ3v) is 8.18. The second kappa shape index (κ2) is 7.32. The SMILES string of the molecule is Cc1c2ccccc2cc2c3nccc4c5ccc(CC(C)(C)C(F)(F)F)cc5c5cccc(c12)c5c43. The third kappa shape index (κ3) is 3.02. The molecule has 0 atom stereocenters. The predicted molar refractivity (Wildman–Crippen MR) is 149 cm³/mol. The average molecular weight is 492 g/mol. The first-order chi connectivity index (χ1) is 17.7. The van der Waals surface area contributed by atoms with Gasteiger partial charge in [-0.05, 0) is 79.7 Å². The largest absolute Gasteiger partial charge is 0.394 e. The zero-order valence-corrected chi connectivity index (χ0v) is 20.8. The summed E-state index contributed by atoms with van der Waals surface area (Å²) in [5.41, 5.74) is 1.06. The number of alkyl halides is 3. The predicted octanol–water partition coefficient (Wildman–Crippen LogP) is 9.88. The van der Waals surface area contributed by atoms with Gasteiger partial charge >= 0.3 is 6.18 Å². The first-order valence-electron chi connectivity index (χ1n) is 12.5. The van der Waals surface area contributed by atoms with Crippen LogP contribution in [0, 0.1) is 12.3 Å². The summed E-state index contributed by atoms with van der Waals surface area (Å²) in [5.74, 6) is 0. The number of nitrogens with zero attached hydrogens (tertiary/aromatic N) is 1. The van der Waals surface area contributed by atoms with E-state index in [1.807, 2.05) is 30.5 Å². The Hall–Kier alpha value is -3.92. The second-order valence-corrected chi connectivity index (χ2v) is 10.9. The Bertz CT molecular complexity index is 2030. The number of benzene rings is 6. The summed E-state index contributed by atoms with van der Waals surface area (Å²) in [5, 5.41) is 12.3. The van der Waals surface area contributed by atoms with Crippen LogP contribution in [0.2, 0.25) is 0 Å². The van der Waals surface area contributed by atoms with Crippen LogP contribution >= 0.6 is 0 Å². The number of pyridine rings is 1. The molecule has 0 spiro atoms. The fraction of sp³-hybridized carbons (Fsp3) is 0.182. The van der Waals surface area contributed by atoms with Crippen LogP contribution in [0.25, 0.3) is 64.8 Å². The van der Waals surface area contributed by atoms with Crippen LogP contribution in [0.15, 0.2) is 79.0 Å². The van der Waals surface area contributed by atoms with E-state index in [2.05, 4.69) is 55.5 Å². The molecule has 0 aliphatic rings. The van der Waals surface area contributed by atoms with E-state index in [1.165, 1.54) is 35.6 Å². The number of hydrogen-bond donors (Lipinski definition) is 0. The van der Waals surface area contributed by atoms with Crippen molar-refractivity contribution in [2.75, 3.05) is 0 Å². The van der Waals surface area contributed by atoms with Crippen LogP contribution in [0.4, 0.5) is 13.2 Å². The molecule has 7 aromatic rings. The van der Waals surface area contributed by atoms with Crippen LogP contribution in [0.1, 0.15) is 25.0 Å². The fourth-order valence-corrected chi connectivity index (χ4v) is 6.23. The van der Waals surface area contributed by atoms with Gasteiger partial charge in [0.2, 0.25) is 0 Å². The molecule has 0 fully saturated rings. The Balaban J connectivity index is 1.66. The monoisotopic (exact) mass is 491 g/mol. The highest BCUT2D eigenvalue weighted by Gasteiger charge is 2.47. The van der Waals surface area contributed by atoms with Gasteiger partial charge in [0.1, 0.15) is 0 Å². The summed E-state index contributed by atoms with van der Waals surface area (Å²) in [6, 6.07) is 24.8. The lowest BCUT2D eigenvalue weighted by Crippen LogP contribution is -2.34. The fourth-order valence-electron chi connectivity index (χ4n) is 6.23. The molecule has 7 rings (SSSR count). The van der Waals surface area contributed by atoms with Gasteiger partial charge < -0.3 is 0 Å². The molecule has 0 saturated heterocycles. The molecule has 0 aliphatic carbocycles. The van der Waals surface area contributed by atoms with Gasteiger partial charge in [0, 0.05) is 22.4 Å². The Morgan fingerprint density at radius 3 is 2.19 bits per heavy atom. The van der Waals surface area contributed by atoms with E-state index >= 15 is 0 Å². The first-order valence-corrected chi connectivity index (χ1v) is 12.5. The summed E-state index contributed by atoms with van der Waals surface area (Å²) in [6.45, 7) is 4.71. The van der Waals surface area contributed by atoms with E-state index in [1.54, 1.807) is 0 Å². The van der Waals surface area contributed by atoms with E-state index in [-0.39, 0.29) is 6.42 Å². The maximum Gasteiger partial charge on any atom is 0.394 e. The van der Waals surface area contributed by atoms with Crippen LogP contribution in [0.3, 0.4) is 0 Å². The van der Waals surface area contributed by atoms with Gasteiger partial charge in [-0.25, -0.2) is 0 Å². The van der Waals surface area contributed by atoms with Crippen LogP contribution in [-0.4, -0.2) is 11.2 Å².